The fraction of sp³-hybridized carbons (Fsp3) is 0.500. The fourth-order valence-corrected chi connectivity index (χ4v) is 2.68. The van der Waals surface area contributed by atoms with E-state index in [-0.39, 0.29) is 0 Å². The number of hydrogen-bond donors (Lipinski definition) is 1. The molecule has 1 N–H and O–H groups in total. The summed E-state index contributed by atoms with van der Waals surface area (Å²) < 4.78 is 5.26. The third kappa shape index (κ3) is 5.17. The molecule has 0 saturated carbocycles. The van der Waals surface area contributed by atoms with Gasteiger partial charge < -0.3 is 9.84 Å². The van der Waals surface area contributed by atoms with Gasteiger partial charge in [0.25, 0.3) is 0 Å². The third-order valence-electron chi connectivity index (χ3n) is 3.02. The molecule has 1 aromatic heterocycles. The zero-order chi connectivity index (χ0) is 15.1. The van der Waals surface area contributed by atoms with E-state index in [1.54, 1.807) is 11.8 Å². The van der Waals surface area contributed by atoms with Crippen LogP contribution in [-0.2, 0) is 12.3 Å². The fourth-order valence-electron chi connectivity index (χ4n) is 1.86. The van der Waals surface area contributed by atoms with E-state index in [9.17, 15) is 0 Å². The van der Waals surface area contributed by atoms with Gasteiger partial charge in [0.1, 0.15) is 0 Å². The molecule has 0 aliphatic rings. The van der Waals surface area contributed by atoms with E-state index in [4.69, 9.17) is 4.52 Å². The van der Waals surface area contributed by atoms with Crippen molar-refractivity contribution in [3.63, 3.8) is 0 Å². The molecule has 0 amide bonds. The Hall–Kier alpha value is -1.33. The van der Waals surface area contributed by atoms with Crippen LogP contribution in [0.3, 0.4) is 0 Å². The lowest BCUT2D eigenvalue weighted by molar-refractivity contribution is 0.383. The van der Waals surface area contributed by atoms with E-state index < -0.39 is 0 Å². The molecular weight excluding hydrogens is 282 g/mol. The number of nitrogens with zero attached hydrogens (tertiary/aromatic N) is 2. The molecule has 1 heterocycles. The van der Waals surface area contributed by atoms with E-state index in [2.05, 4.69) is 60.5 Å². The van der Waals surface area contributed by atoms with Gasteiger partial charge >= 0.3 is 0 Å². The summed E-state index contributed by atoms with van der Waals surface area (Å²) in [7, 11) is 0. The molecular formula is C16H23N3OS. The van der Waals surface area contributed by atoms with Crippen molar-refractivity contribution in [3.8, 4) is 0 Å². The minimum Gasteiger partial charge on any atom is -0.338 e. The highest BCUT2D eigenvalue weighted by atomic mass is 32.2. The van der Waals surface area contributed by atoms with Crippen LogP contribution in [0, 0.1) is 0 Å². The Balaban J connectivity index is 1.88. The van der Waals surface area contributed by atoms with E-state index in [0.29, 0.717) is 17.6 Å². The Kier molecular flexibility index (Phi) is 6.26. The van der Waals surface area contributed by atoms with Crippen LogP contribution in [0.25, 0.3) is 0 Å². The van der Waals surface area contributed by atoms with Gasteiger partial charge in [-0.05, 0) is 30.7 Å². The average Bonchev–Trinajstić information content (AvgIpc) is 2.95. The molecule has 0 aliphatic heterocycles. The predicted molar refractivity (Wildman–Crippen MR) is 86.4 cm³/mol. The van der Waals surface area contributed by atoms with Gasteiger partial charge in [-0.2, -0.15) is 4.98 Å². The van der Waals surface area contributed by atoms with Gasteiger partial charge in [-0.25, -0.2) is 0 Å². The van der Waals surface area contributed by atoms with Crippen molar-refractivity contribution in [1.29, 1.82) is 0 Å². The molecule has 0 saturated heterocycles. The lowest BCUT2D eigenvalue weighted by atomic mass is 10.2. The van der Waals surface area contributed by atoms with Gasteiger partial charge in [-0.1, -0.05) is 38.1 Å². The van der Waals surface area contributed by atoms with E-state index >= 15 is 0 Å². The van der Waals surface area contributed by atoms with Crippen LogP contribution in [0.15, 0.2) is 33.7 Å². The van der Waals surface area contributed by atoms with Gasteiger partial charge in [-0.3, -0.25) is 0 Å². The summed E-state index contributed by atoms with van der Waals surface area (Å²) in [5, 5.41) is 7.40. The molecule has 5 heteroatoms. The molecule has 1 aromatic carbocycles. The number of aromatic nitrogens is 2. The molecule has 0 atom stereocenters. The standard InChI is InChI=1S/C16H23N3OS/c1-4-8-17-10-13-6-5-7-14(9-13)21-11-15-18-16(12(2)3)19-20-15/h5-7,9,12,17H,4,8,10-11H2,1-3H3. The summed E-state index contributed by atoms with van der Waals surface area (Å²) in [6, 6.07) is 8.58. The SMILES string of the molecule is CCCNCc1cccc(SCc2nc(C(C)C)no2)c1. The first kappa shape index (κ1) is 16.0. The van der Waals surface area contributed by atoms with Crippen LogP contribution in [0.5, 0.6) is 0 Å². The van der Waals surface area contributed by atoms with Crippen molar-refractivity contribution in [1.82, 2.24) is 15.5 Å². The van der Waals surface area contributed by atoms with Crippen LogP contribution in [0.1, 0.15) is 50.4 Å². The van der Waals surface area contributed by atoms with Gasteiger partial charge in [-0.15, -0.1) is 11.8 Å². The molecule has 0 unspecified atom stereocenters. The second kappa shape index (κ2) is 8.20. The maximum Gasteiger partial charge on any atom is 0.237 e. The molecule has 114 valence electrons. The normalized spacial score (nSPS) is 11.2. The summed E-state index contributed by atoms with van der Waals surface area (Å²) in [6.07, 6.45) is 1.16. The molecule has 0 spiro atoms. The summed E-state index contributed by atoms with van der Waals surface area (Å²) in [6.45, 7) is 8.27. The minimum absolute atomic E-state index is 0.306. The number of hydrogen-bond acceptors (Lipinski definition) is 5. The Morgan fingerprint density at radius 2 is 2.19 bits per heavy atom. The second-order valence-corrected chi connectivity index (χ2v) is 6.36. The first-order valence-electron chi connectivity index (χ1n) is 7.44. The Morgan fingerprint density at radius 1 is 1.33 bits per heavy atom. The van der Waals surface area contributed by atoms with Crippen molar-refractivity contribution in [2.24, 2.45) is 0 Å². The summed E-state index contributed by atoms with van der Waals surface area (Å²) in [5.41, 5.74) is 1.31. The van der Waals surface area contributed by atoms with Gasteiger partial charge in [0.05, 0.1) is 5.75 Å². The monoisotopic (exact) mass is 305 g/mol. The second-order valence-electron chi connectivity index (χ2n) is 5.31. The van der Waals surface area contributed by atoms with Gasteiger partial charge in [0.15, 0.2) is 5.82 Å². The molecule has 21 heavy (non-hydrogen) atoms. The van der Waals surface area contributed by atoms with Crippen LogP contribution >= 0.6 is 11.8 Å². The van der Waals surface area contributed by atoms with Crippen molar-refractivity contribution >= 4 is 11.8 Å². The van der Waals surface area contributed by atoms with E-state index in [1.807, 2.05) is 0 Å². The number of thioether (sulfide) groups is 1. The molecule has 0 bridgehead atoms. The number of rotatable bonds is 8. The maximum atomic E-state index is 5.26. The molecule has 4 nitrogen and oxygen atoms in total. The largest absolute Gasteiger partial charge is 0.338 e. The minimum atomic E-state index is 0.306. The third-order valence-corrected chi connectivity index (χ3v) is 4.00. The maximum absolute atomic E-state index is 5.26. The predicted octanol–water partition coefficient (Wildman–Crippen LogP) is 3.98. The molecule has 0 radical (unpaired) electrons. The van der Waals surface area contributed by atoms with Crippen LogP contribution in [0.2, 0.25) is 0 Å². The van der Waals surface area contributed by atoms with E-state index in [1.165, 1.54) is 10.5 Å². The lowest BCUT2D eigenvalue weighted by Crippen LogP contribution is -2.13. The average molecular weight is 305 g/mol. The highest BCUT2D eigenvalue weighted by Gasteiger charge is 2.09. The Bertz CT molecular complexity index is 554. The molecule has 0 fully saturated rings. The van der Waals surface area contributed by atoms with E-state index in [0.717, 1.165) is 25.3 Å². The van der Waals surface area contributed by atoms with Crippen molar-refractivity contribution < 1.29 is 4.52 Å². The molecule has 0 aliphatic carbocycles. The smallest absolute Gasteiger partial charge is 0.237 e. The summed E-state index contributed by atoms with van der Waals surface area (Å²) >= 11 is 1.73. The zero-order valence-corrected chi connectivity index (χ0v) is 13.7. The highest BCUT2D eigenvalue weighted by Crippen LogP contribution is 2.23. The van der Waals surface area contributed by atoms with Crippen molar-refractivity contribution in [2.75, 3.05) is 6.54 Å². The number of benzene rings is 1. The molecule has 2 aromatic rings. The van der Waals surface area contributed by atoms with Crippen LogP contribution in [-0.4, -0.2) is 16.7 Å². The zero-order valence-electron chi connectivity index (χ0n) is 12.9. The van der Waals surface area contributed by atoms with Gasteiger partial charge in [0.2, 0.25) is 5.89 Å². The van der Waals surface area contributed by atoms with Crippen molar-refractivity contribution in [3.05, 3.63) is 41.5 Å². The Labute approximate surface area is 130 Å². The number of nitrogens with one attached hydrogen (secondary N) is 1. The topological polar surface area (TPSA) is 51.0 Å². The van der Waals surface area contributed by atoms with Gasteiger partial charge in [0, 0.05) is 17.4 Å². The quantitative estimate of drug-likeness (QED) is 0.590. The van der Waals surface area contributed by atoms with Crippen LogP contribution in [0.4, 0.5) is 0 Å². The first-order valence-corrected chi connectivity index (χ1v) is 8.42. The molecule has 2 rings (SSSR count). The summed E-state index contributed by atoms with van der Waals surface area (Å²) in [5.74, 6) is 2.49. The highest BCUT2D eigenvalue weighted by molar-refractivity contribution is 7.98. The lowest BCUT2D eigenvalue weighted by Gasteiger charge is -2.05. The first-order chi connectivity index (χ1) is 10.2. The van der Waals surface area contributed by atoms with Crippen LogP contribution < -0.4 is 5.32 Å². The Morgan fingerprint density at radius 3 is 2.90 bits per heavy atom. The van der Waals surface area contributed by atoms with Crippen molar-refractivity contribution in [2.45, 2.75) is 50.3 Å². The summed E-state index contributed by atoms with van der Waals surface area (Å²) in [4.78, 5) is 5.63.